The van der Waals surface area contributed by atoms with Gasteiger partial charge in [0.25, 0.3) is 5.91 Å². The van der Waals surface area contributed by atoms with Crippen molar-refractivity contribution in [2.45, 2.75) is 58.4 Å². The van der Waals surface area contributed by atoms with Gasteiger partial charge < -0.3 is 9.64 Å². The van der Waals surface area contributed by atoms with Gasteiger partial charge in [0.05, 0.1) is 18.7 Å². The standard InChI is InChI=1S/C25H32F2N4O3/c1-3-29-13-6-7-18(29)16-30(14-12-23(32)34-4-2)25(33)24-19-8-5-9-22(19)31(28-24)17-10-11-20(26)21(27)15-17/h10-11,15,18H,3-9,12-14,16H2,1-2H3. The molecule has 1 atom stereocenters. The Balaban J connectivity index is 1.63. The van der Waals surface area contributed by atoms with Crippen LogP contribution in [0.1, 0.15) is 61.3 Å². The molecule has 1 saturated heterocycles. The van der Waals surface area contributed by atoms with E-state index in [1.807, 2.05) is 0 Å². The minimum atomic E-state index is -0.954. The summed E-state index contributed by atoms with van der Waals surface area (Å²) in [5.41, 5.74) is 2.44. The van der Waals surface area contributed by atoms with Gasteiger partial charge in [-0.15, -0.1) is 0 Å². The van der Waals surface area contributed by atoms with E-state index < -0.39 is 11.6 Å². The lowest BCUT2D eigenvalue weighted by molar-refractivity contribution is -0.143. The molecule has 1 aliphatic heterocycles. The van der Waals surface area contributed by atoms with Crippen LogP contribution in [0.25, 0.3) is 5.69 Å². The van der Waals surface area contributed by atoms with Gasteiger partial charge in [-0.1, -0.05) is 6.92 Å². The molecule has 1 aromatic heterocycles. The average Bonchev–Trinajstić information content (AvgIpc) is 3.55. The van der Waals surface area contributed by atoms with Gasteiger partial charge in [0, 0.05) is 36.5 Å². The number of benzene rings is 1. The number of rotatable bonds is 9. The maximum Gasteiger partial charge on any atom is 0.307 e. The predicted molar refractivity (Wildman–Crippen MR) is 123 cm³/mol. The summed E-state index contributed by atoms with van der Waals surface area (Å²) < 4.78 is 34.0. The molecule has 184 valence electrons. The highest BCUT2D eigenvalue weighted by Gasteiger charge is 2.33. The minimum Gasteiger partial charge on any atom is -0.466 e. The zero-order valence-electron chi connectivity index (χ0n) is 19.9. The van der Waals surface area contributed by atoms with Gasteiger partial charge in [0.15, 0.2) is 17.3 Å². The van der Waals surface area contributed by atoms with Crippen molar-refractivity contribution in [2.24, 2.45) is 0 Å². The number of carbonyl (C=O) groups excluding carboxylic acids is 2. The first-order valence-corrected chi connectivity index (χ1v) is 12.2. The lowest BCUT2D eigenvalue weighted by Gasteiger charge is -2.30. The van der Waals surface area contributed by atoms with Crippen molar-refractivity contribution >= 4 is 11.9 Å². The van der Waals surface area contributed by atoms with E-state index in [9.17, 15) is 18.4 Å². The third kappa shape index (κ3) is 4.99. The average molecular weight is 475 g/mol. The third-order valence-corrected chi connectivity index (χ3v) is 6.80. The van der Waals surface area contributed by atoms with Gasteiger partial charge in [0.2, 0.25) is 0 Å². The topological polar surface area (TPSA) is 67.7 Å². The van der Waals surface area contributed by atoms with Gasteiger partial charge in [-0.3, -0.25) is 14.5 Å². The molecule has 4 rings (SSSR count). The van der Waals surface area contributed by atoms with Crippen LogP contribution < -0.4 is 0 Å². The third-order valence-electron chi connectivity index (χ3n) is 6.80. The van der Waals surface area contributed by atoms with Crippen LogP contribution in [0, 0.1) is 11.6 Å². The number of aromatic nitrogens is 2. The summed E-state index contributed by atoms with van der Waals surface area (Å²) in [6, 6.07) is 3.87. The van der Waals surface area contributed by atoms with E-state index in [4.69, 9.17) is 4.74 Å². The Hall–Kier alpha value is -2.81. The number of amides is 1. The highest BCUT2D eigenvalue weighted by molar-refractivity contribution is 5.94. The Bertz CT molecular complexity index is 1060. The summed E-state index contributed by atoms with van der Waals surface area (Å²) in [6.45, 7) is 6.83. The molecule has 1 unspecified atom stereocenters. The van der Waals surface area contributed by atoms with Crippen LogP contribution in [0.2, 0.25) is 0 Å². The maximum atomic E-state index is 13.9. The largest absolute Gasteiger partial charge is 0.466 e. The lowest BCUT2D eigenvalue weighted by Crippen LogP contribution is -2.44. The van der Waals surface area contributed by atoms with Gasteiger partial charge in [-0.05, 0) is 64.3 Å². The molecule has 9 heteroatoms. The first-order valence-electron chi connectivity index (χ1n) is 12.2. The van der Waals surface area contributed by atoms with E-state index in [0.717, 1.165) is 55.7 Å². The molecule has 7 nitrogen and oxygen atoms in total. The summed E-state index contributed by atoms with van der Waals surface area (Å²) in [5, 5.41) is 4.58. The fraction of sp³-hybridized carbons (Fsp3) is 0.560. The van der Waals surface area contributed by atoms with Crippen molar-refractivity contribution in [2.75, 3.05) is 32.8 Å². The van der Waals surface area contributed by atoms with Gasteiger partial charge in [0.1, 0.15) is 0 Å². The molecular formula is C25H32F2N4O3. The summed E-state index contributed by atoms with van der Waals surface area (Å²) in [5.74, 6) is -2.45. The van der Waals surface area contributed by atoms with Crippen molar-refractivity contribution in [3.63, 3.8) is 0 Å². The smallest absolute Gasteiger partial charge is 0.307 e. The molecule has 2 heterocycles. The molecule has 1 fully saturated rings. The Labute approximate surface area is 198 Å². The quantitative estimate of drug-likeness (QED) is 0.521. The Morgan fingerprint density at radius 3 is 2.74 bits per heavy atom. The Morgan fingerprint density at radius 1 is 1.18 bits per heavy atom. The zero-order valence-corrected chi connectivity index (χ0v) is 19.9. The summed E-state index contributed by atoms with van der Waals surface area (Å²) in [7, 11) is 0. The molecule has 0 saturated carbocycles. The number of hydrogen-bond donors (Lipinski definition) is 0. The van der Waals surface area contributed by atoms with Crippen LogP contribution in [0.5, 0.6) is 0 Å². The van der Waals surface area contributed by atoms with E-state index in [0.29, 0.717) is 37.4 Å². The number of hydrogen-bond acceptors (Lipinski definition) is 5. The number of ether oxygens (including phenoxy) is 1. The number of carbonyl (C=O) groups is 2. The molecular weight excluding hydrogens is 442 g/mol. The summed E-state index contributed by atoms with van der Waals surface area (Å²) in [6.07, 6.45) is 4.48. The van der Waals surface area contributed by atoms with Crippen LogP contribution in [0.3, 0.4) is 0 Å². The second-order valence-electron chi connectivity index (χ2n) is 8.87. The van der Waals surface area contributed by atoms with Gasteiger partial charge >= 0.3 is 5.97 Å². The molecule has 1 aromatic carbocycles. The summed E-state index contributed by atoms with van der Waals surface area (Å²) in [4.78, 5) is 29.9. The van der Waals surface area contributed by atoms with Gasteiger partial charge in [-0.25, -0.2) is 13.5 Å². The molecule has 1 aliphatic carbocycles. The Kier molecular flexibility index (Phi) is 7.60. The van der Waals surface area contributed by atoms with Crippen molar-refractivity contribution in [3.05, 3.63) is 46.8 Å². The minimum absolute atomic E-state index is 0.116. The van der Waals surface area contributed by atoms with Crippen molar-refractivity contribution in [1.82, 2.24) is 19.6 Å². The number of nitrogens with zero attached hydrogens (tertiary/aromatic N) is 4. The Morgan fingerprint density at radius 2 is 2.00 bits per heavy atom. The molecule has 2 aromatic rings. The normalized spacial score (nSPS) is 17.7. The van der Waals surface area contributed by atoms with E-state index in [1.165, 1.54) is 6.07 Å². The highest BCUT2D eigenvalue weighted by atomic mass is 19.2. The van der Waals surface area contributed by atoms with Gasteiger partial charge in [-0.2, -0.15) is 5.10 Å². The number of halogens is 2. The molecule has 0 radical (unpaired) electrons. The maximum absolute atomic E-state index is 13.9. The van der Waals surface area contributed by atoms with Crippen molar-refractivity contribution in [1.29, 1.82) is 0 Å². The second-order valence-corrected chi connectivity index (χ2v) is 8.87. The van der Waals surface area contributed by atoms with Crippen LogP contribution in [-0.4, -0.2) is 70.3 Å². The van der Waals surface area contributed by atoms with Crippen LogP contribution in [0.15, 0.2) is 18.2 Å². The zero-order chi connectivity index (χ0) is 24.2. The van der Waals surface area contributed by atoms with E-state index >= 15 is 0 Å². The molecule has 2 aliphatic rings. The molecule has 0 N–H and O–H groups in total. The number of fused-ring (bicyclic) bond motifs is 1. The van der Waals surface area contributed by atoms with E-state index in [1.54, 1.807) is 16.5 Å². The highest BCUT2D eigenvalue weighted by Crippen LogP contribution is 2.29. The van der Waals surface area contributed by atoms with Crippen LogP contribution >= 0.6 is 0 Å². The lowest BCUT2D eigenvalue weighted by atomic mass is 10.1. The van der Waals surface area contributed by atoms with Crippen molar-refractivity contribution < 1.29 is 23.1 Å². The fourth-order valence-corrected chi connectivity index (χ4v) is 5.10. The van der Waals surface area contributed by atoms with Crippen molar-refractivity contribution in [3.8, 4) is 5.69 Å². The van der Waals surface area contributed by atoms with Crippen LogP contribution in [0.4, 0.5) is 8.78 Å². The van der Waals surface area contributed by atoms with E-state index in [2.05, 4.69) is 16.9 Å². The number of esters is 1. The fourth-order valence-electron chi connectivity index (χ4n) is 5.10. The number of likely N-dealkylation sites (N-methyl/N-ethyl adjacent to an activating group) is 1. The SMILES string of the molecule is CCOC(=O)CCN(CC1CCCN1CC)C(=O)c1nn(-c2ccc(F)c(F)c2)c2c1CCC2. The summed E-state index contributed by atoms with van der Waals surface area (Å²) >= 11 is 0. The predicted octanol–water partition coefficient (Wildman–Crippen LogP) is 3.52. The molecule has 0 bridgehead atoms. The first kappa shape index (κ1) is 24.3. The molecule has 0 spiro atoms. The molecule has 34 heavy (non-hydrogen) atoms. The second kappa shape index (κ2) is 10.6. The number of likely N-dealkylation sites (tertiary alicyclic amines) is 1. The first-order chi connectivity index (χ1) is 16.4. The van der Waals surface area contributed by atoms with Crippen LogP contribution in [-0.2, 0) is 22.4 Å². The molecule has 1 amide bonds. The van der Waals surface area contributed by atoms with E-state index in [-0.39, 0.29) is 30.9 Å². The monoisotopic (exact) mass is 474 g/mol.